The largest absolute Gasteiger partial charge is 0.325 e. The summed E-state index contributed by atoms with van der Waals surface area (Å²) in [5.74, 6) is -0.208. The Bertz CT molecular complexity index is 675. The molecule has 2 amide bonds. The Kier molecular flexibility index (Phi) is 4.62. The molecule has 104 valence electrons. The highest BCUT2D eigenvalue weighted by molar-refractivity contribution is 6.04. The van der Waals surface area contributed by atoms with E-state index in [0.29, 0.717) is 17.1 Å². The number of nitrogens with one attached hydrogen (secondary N) is 2. The van der Waals surface area contributed by atoms with Gasteiger partial charge in [-0.05, 0) is 36.4 Å². The third kappa shape index (κ3) is 4.14. The molecule has 2 rings (SSSR count). The van der Waals surface area contributed by atoms with Crippen molar-refractivity contribution < 1.29 is 9.59 Å². The van der Waals surface area contributed by atoms with Crippen molar-refractivity contribution in [3.8, 4) is 6.07 Å². The third-order valence-corrected chi connectivity index (χ3v) is 2.58. The molecule has 6 heteroatoms. The van der Waals surface area contributed by atoms with E-state index in [2.05, 4.69) is 15.6 Å². The van der Waals surface area contributed by atoms with Gasteiger partial charge in [0.05, 0.1) is 6.07 Å². The molecule has 21 heavy (non-hydrogen) atoms. The van der Waals surface area contributed by atoms with Crippen molar-refractivity contribution in [1.29, 1.82) is 5.26 Å². The topological polar surface area (TPSA) is 94.9 Å². The molecule has 0 fully saturated rings. The maximum atomic E-state index is 12.0. The standard InChI is InChI=1S/C15H12N4O2/c16-9-8-14(20)18-12-6-4-11(5-7-12)15(21)19-13-3-1-2-10-17-13/h1-7,10H,8H2,(H,18,20)(H,17,19,21). The van der Waals surface area contributed by atoms with Crippen LogP contribution in [0.15, 0.2) is 48.7 Å². The molecule has 2 N–H and O–H groups in total. The number of nitriles is 1. The molecule has 0 radical (unpaired) electrons. The third-order valence-electron chi connectivity index (χ3n) is 2.58. The van der Waals surface area contributed by atoms with Gasteiger partial charge in [0.25, 0.3) is 5.91 Å². The second-order valence-corrected chi connectivity index (χ2v) is 4.13. The van der Waals surface area contributed by atoms with Gasteiger partial charge in [-0.1, -0.05) is 6.07 Å². The summed E-state index contributed by atoms with van der Waals surface area (Å²) in [7, 11) is 0. The van der Waals surface area contributed by atoms with Gasteiger partial charge in [-0.25, -0.2) is 4.98 Å². The molecular formula is C15H12N4O2. The molecule has 0 aliphatic carbocycles. The average Bonchev–Trinajstić information content (AvgIpc) is 2.49. The number of benzene rings is 1. The van der Waals surface area contributed by atoms with E-state index in [1.807, 2.05) is 0 Å². The first-order valence-electron chi connectivity index (χ1n) is 6.18. The molecule has 6 nitrogen and oxygen atoms in total. The van der Waals surface area contributed by atoms with Crippen molar-refractivity contribution in [2.45, 2.75) is 6.42 Å². The summed E-state index contributed by atoms with van der Waals surface area (Å²) >= 11 is 0. The molecule has 2 aromatic rings. The molecular weight excluding hydrogens is 268 g/mol. The molecule has 0 bridgehead atoms. The first-order valence-corrected chi connectivity index (χ1v) is 6.18. The van der Waals surface area contributed by atoms with Crippen LogP contribution in [-0.4, -0.2) is 16.8 Å². The van der Waals surface area contributed by atoms with Crippen molar-refractivity contribution in [1.82, 2.24) is 4.98 Å². The smallest absolute Gasteiger partial charge is 0.256 e. The van der Waals surface area contributed by atoms with Gasteiger partial charge in [-0.2, -0.15) is 5.26 Å². The second kappa shape index (κ2) is 6.82. The number of nitrogens with zero attached hydrogens (tertiary/aromatic N) is 2. The number of anilines is 2. The minimum atomic E-state index is -0.386. The van der Waals surface area contributed by atoms with Gasteiger partial charge in [0, 0.05) is 17.4 Å². The normalized spacial score (nSPS) is 9.48. The van der Waals surface area contributed by atoms with Crippen LogP contribution < -0.4 is 10.6 Å². The Hall–Kier alpha value is -3.20. The molecule has 1 heterocycles. The maximum absolute atomic E-state index is 12.0. The maximum Gasteiger partial charge on any atom is 0.256 e. The van der Waals surface area contributed by atoms with Crippen LogP contribution in [0.5, 0.6) is 0 Å². The first kappa shape index (κ1) is 14.2. The molecule has 0 aliphatic rings. The summed E-state index contributed by atoms with van der Waals surface area (Å²) < 4.78 is 0. The lowest BCUT2D eigenvalue weighted by Crippen LogP contribution is -2.13. The van der Waals surface area contributed by atoms with Crippen molar-refractivity contribution in [3.05, 3.63) is 54.2 Å². The van der Waals surface area contributed by atoms with Crippen LogP contribution in [0.3, 0.4) is 0 Å². The number of aromatic nitrogens is 1. The lowest BCUT2D eigenvalue weighted by molar-refractivity contribution is -0.115. The van der Waals surface area contributed by atoms with Crippen LogP contribution in [0.25, 0.3) is 0 Å². The van der Waals surface area contributed by atoms with E-state index in [4.69, 9.17) is 5.26 Å². The highest BCUT2D eigenvalue weighted by atomic mass is 16.2. The zero-order valence-corrected chi connectivity index (χ0v) is 11.0. The van der Waals surface area contributed by atoms with Crippen LogP contribution in [-0.2, 0) is 4.79 Å². The molecule has 0 unspecified atom stereocenters. The predicted octanol–water partition coefficient (Wildman–Crippen LogP) is 2.19. The Balaban J connectivity index is 2.00. The predicted molar refractivity (Wildman–Crippen MR) is 77.5 cm³/mol. The van der Waals surface area contributed by atoms with Crippen LogP contribution >= 0.6 is 0 Å². The fourth-order valence-electron chi connectivity index (χ4n) is 1.61. The first-order chi connectivity index (χ1) is 10.2. The van der Waals surface area contributed by atoms with Crippen molar-refractivity contribution >= 4 is 23.3 Å². The van der Waals surface area contributed by atoms with Crippen molar-refractivity contribution in [2.24, 2.45) is 0 Å². The number of rotatable bonds is 4. The lowest BCUT2D eigenvalue weighted by Gasteiger charge is -2.06. The van der Waals surface area contributed by atoms with E-state index in [1.165, 1.54) is 0 Å². The number of amides is 2. The average molecular weight is 280 g/mol. The second-order valence-electron chi connectivity index (χ2n) is 4.13. The molecule has 1 aromatic carbocycles. The highest BCUT2D eigenvalue weighted by Crippen LogP contribution is 2.11. The van der Waals surface area contributed by atoms with E-state index in [0.717, 1.165) is 0 Å². The fraction of sp³-hybridized carbons (Fsp3) is 0.0667. The quantitative estimate of drug-likeness (QED) is 0.897. The van der Waals surface area contributed by atoms with E-state index in [1.54, 1.807) is 54.7 Å². The molecule has 0 aliphatic heterocycles. The Morgan fingerprint density at radius 2 is 1.86 bits per heavy atom. The van der Waals surface area contributed by atoms with E-state index < -0.39 is 0 Å². The highest BCUT2D eigenvalue weighted by Gasteiger charge is 2.07. The molecule has 1 aromatic heterocycles. The Labute approximate surface area is 121 Å². The minimum absolute atomic E-state index is 0.206. The summed E-state index contributed by atoms with van der Waals surface area (Å²) in [6.07, 6.45) is 1.38. The van der Waals surface area contributed by atoms with Crippen LogP contribution in [0, 0.1) is 11.3 Å². The number of hydrogen-bond acceptors (Lipinski definition) is 4. The molecule has 0 saturated heterocycles. The van der Waals surface area contributed by atoms with Crippen molar-refractivity contribution in [3.63, 3.8) is 0 Å². The zero-order chi connectivity index (χ0) is 15.1. The number of carbonyl (C=O) groups is 2. The SMILES string of the molecule is N#CCC(=O)Nc1ccc(C(=O)Nc2ccccn2)cc1. The Morgan fingerprint density at radius 3 is 2.48 bits per heavy atom. The molecule has 0 saturated carbocycles. The van der Waals surface area contributed by atoms with E-state index in [-0.39, 0.29) is 18.2 Å². The lowest BCUT2D eigenvalue weighted by atomic mass is 10.2. The van der Waals surface area contributed by atoms with Crippen LogP contribution in [0.2, 0.25) is 0 Å². The molecule has 0 atom stereocenters. The van der Waals surface area contributed by atoms with Gasteiger partial charge < -0.3 is 10.6 Å². The molecule has 0 spiro atoms. The fourth-order valence-corrected chi connectivity index (χ4v) is 1.61. The summed E-state index contributed by atoms with van der Waals surface area (Å²) in [6.45, 7) is 0. The Morgan fingerprint density at radius 1 is 1.10 bits per heavy atom. The van der Waals surface area contributed by atoms with Gasteiger partial charge in [0.15, 0.2) is 0 Å². The van der Waals surface area contributed by atoms with E-state index in [9.17, 15) is 9.59 Å². The van der Waals surface area contributed by atoms with Gasteiger partial charge in [-0.3, -0.25) is 9.59 Å². The number of pyridine rings is 1. The van der Waals surface area contributed by atoms with Crippen LogP contribution in [0.1, 0.15) is 16.8 Å². The van der Waals surface area contributed by atoms with E-state index >= 15 is 0 Å². The van der Waals surface area contributed by atoms with Crippen LogP contribution in [0.4, 0.5) is 11.5 Å². The van der Waals surface area contributed by atoms with Gasteiger partial charge in [-0.15, -0.1) is 0 Å². The van der Waals surface area contributed by atoms with Crippen molar-refractivity contribution in [2.75, 3.05) is 10.6 Å². The zero-order valence-electron chi connectivity index (χ0n) is 11.0. The van der Waals surface area contributed by atoms with Gasteiger partial charge >= 0.3 is 0 Å². The summed E-state index contributed by atoms with van der Waals surface area (Å²) in [5.41, 5.74) is 0.976. The minimum Gasteiger partial charge on any atom is -0.325 e. The van der Waals surface area contributed by atoms with Gasteiger partial charge in [0.1, 0.15) is 12.2 Å². The number of hydrogen-bond donors (Lipinski definition) is 2. The number of carbonyl (C=O) groups excluding carboxylic acids is 2. The monoisotopic (exact) mass is 280 g/mol. The van der Waals surface area contributed by atoms with Gasteiger partial charge in [0.2, 0.25) is 5.91 Å². The summed E-state index contributed by atoms with van der Waals surface area (Å²) in [4.78, 5) is 27.2. The summed E-state index contributed by atoms with van der Waals surface area (Å²) in [5, 5.41) is 13.6. The summed E-state index contributed by atoms with van der Waals surface area (Å²) in [6, 6.07) is 13.3.